The number of benzene rings is 1. The number of aryl methyl sites for hydroxylation is 3. The van der Waals surface area contributed by atoms with Crippen LogP contribution in [0.15, 0.2) is 47.6 Å². The zero-order chi connectivity index (χ0) is 20.6. The van der Waals surface area contributed by atoms with Gasteiger partial charge in [0.1, 0.15) is 5.82 Å². The Bertz CT molecular complexity index is 940. The Balaban J connectivity index is 1.38. The molecular formula is C21H28FN7. The Hall–Kier alpha value is -3.16. The van der Waals surface area contributed by atoms with E-state index in [2.05, 4.69) is 38.8 Å². The van der Waals surface area contributed by atoms with Gasteiger partial charge >= 0.3 is 0 Å². The lowest BCUT2D eigenvalue weighted by molar-refractivity contribution is 0.555. The molecule has 2 aromatic heterocycles. The van der Waals surface area contributed by atoms with E-state index in [4.69, 9.17) is 0 Å². The second-order valence-corrected chi connectivity index (χ2v) is 6.91. The van der Waals surface area contributed by atoms with Crippen molar-refractivity contribution < 1.29 is 4.39 Å². The standard InChI is InChI=1S/C21H28FN7/c1-16-15-17(2)28(26-16)13-4-11-24-21(23-3)25-12-9-19-10-14-29(27-19)20-7-5-18(22)6-8-20/h5-8,10,14-15H,4,9,11-13H2,1-3H3,(H2,23,24,25). The van der Waals surface area contributed by atoms with Crippen LogP contribution >= 0.6 is 0 Å². The van der Waals surface area contributed by atoms with Gasteiger partial charge in [-0.15, -0.1) is 0 Å². The summed E-state index contributed by atoms with van der Waals surface area (Å²) in [5.74, 6) is 0.524. The largest absolute Gasteiger partial charge is 0.356 e. The number of rotatable bonds is 8. The second-order valence-electron chi connectivity index (χ2n) is 6.91. The predicted octanol–water partition coefficient (Wildman–Crippen LogP) is 2.62. The van der Waals surface area contributed by atoms with Crippen LogP contribution < -0.4 is 10.6 Å². The van der Waals surface area contributed by atoms with Crippen molar-refractivity contribution in [1.29, 1.82) is 0 Å². The molecule has 0 fully saturated rings. The monoisotopic (exact) mass is 397 g/mol. The SMILES string of the molecule is CN=C(NCCCn1nc(C)cc1C)NCCc1ccn(-c2ccc(F)cc2)n1. The number of nitrogens with one attached hydrogen (secondary N) is 2. The molecule has 0 amide bonds. The highest BCUT2D eigenvalue weighted by Gasteiger charge is 2.04. The van der Waals surface area contributed by atoms with Crippen LogP contribution in [0.2, 0.25) is 0 Å². The Morgan fingerprint density at radius 3 is 2.52 bits per heavy atom. The Kier molecular flexibility index (Phi) is 6.99. The van der Waals surface area contributed by atoms with E-state index in [1.165, 1.54) is 17.8 Å². The van der Waals surface area contributed by atoms with Crippen molar-refractivity contribution in [2.75, 3.05) is 20.1 Å². The maximum absolute atomic E-state index is 13.0. The van der Waals surface area contributed by atoms with Gasteiger partial charge < -0.3 is 10.6 Å². The van der Waals surface area contributed by atoms with E-state index >= 15 is 0 Å². The molecule has 29 heavy (non-hydrogen) atoms. The van der Waals surface area contributed by atoms with Crippen molar-refractivity contribution >= 4 is 5.96 Å². The summed E-state index contributed by atoms with van der Waals surface area (Å²) in [6.07, 6.45) is 3.61. The molecule has 0 aliphatic heterocycles. The maximum Gasteiger partial charge on any atom is 0.190 e. The Morgan fingerprint density at radius 2 is 1.83 bits per heavy atom. The van der Waals surface area contributed by atoms with E-state index in [1.807, 2.05) is 23.9 Å². The lowest BCUT2D eigenvalue weighted by atomic mass is 10.3. The van der Waals surface area contributed by atoms with Gasteiger partial charge in [-0.05, 0) is 56.7 Å². The third-order valence-corrected chi connectivity index (χ3v) is 4.58. The minimum Gasteiger partial charge on any atom is -0.356 e. The molecular weight excluding hydrogens is 369 g/mol. The highest BCUT2D eigenvalue weighted by molar-refractivity contribution is 5.79. The molecule has 0 saturated heterocycles. The fraction of sp³-hybridized carbons (Fsp3) is 0.381. The average molecular weight is 398 g/mol. The minimum atomic E-state index is -0.251. The topological polar surface area (TPSA) is 72.1 Å². The van der Waals surface area contributed by atoms with Gasteiger partial charge in [-0.2, -0.15) is 10.2 Å². The lowest BCUT2D eigenvalue weighted by Gasteiger charge is -2.11. The molecule has 0 unspecified atom stereocenters. The normalized spacial score (nSPS) is 11.7. The molecule has 0 aliphatic carbocycles. The van der Waals surface area contributed by atoms with Crippen LogP contribution in [0.3, 0.4) is 0 Å². The average Bonchev–Trinajstić information content (AvgIpc) is 3.30. The van der Waals surface area contributed by atoms with Gasteiger partial charge in [0.15, 0.2) is 5.96 Å². The number of aromatic nitrogens is 4. The molecule has 1 aromatic carbocycles. The second kappa shape index (κ2) is 9.86. The molecule has 0 atom stereocenters. The van der Waals surface area contributed by atoms with Crippen molar-refractivity contribution in [3.63, 3.8) is 0 Å². The Labute approximate surface area is 170 Å². The number of hydrogen-bond donors (Lipinski definition) is 2. The molecule has 0 bridgehead atoms. The van der Waals surface area contributed by atoms with Crippen molar-refractivity contribution in [2.45, 2.75) is 33.2 Å². The minimum absolute atomic E-state index is 0.251. The van der Waals surface area contributed by atoms with Gasteiger partial charge in [0.25, 0.3) is 0 Å². The van der Waals surface area contributed by atoms with Crippen LogP contribution in [0.25, 0.3) is 5.69 Å². The third kappa shape index (κ3) is 5.91. The number of hydrogen-bond acceptors (Lipinski definition) is 3. The van der Waals surface area contributed by atoms with Gasteiger partial charge in [0, 0.05) is 45.0 Å². The van der Waals surface area contributed by atoms with Crippen LogP contribution in [-0.2, 0) is 13.0 Å². The summed E-state index contributed by atoms with van der Waals surface area (Å²) in [7, 11) is 1.76. The van der Waals surface area contributed by atoms with Crippen LogP contribution in [0.1, 0.15) is 23.5 Å². The summed E-state index contributed by atoms with van der Waals surface area (Å²) in [5.41, 5.74) is 4.03. The first-order chi connectivity index (χ1) is 14.0. The predicted molar refractivity (Wildman–Crippen MR) is 113 cm³/mol. The molecule has 2 heterocycles. The van der Waals surface area contributed by atoms with E-state index in [0.717, 1.165) is 55.5 Å². The number of guanidine groups is 1. The summed E-state index contributed by atoms with van der Waals surface area (Å²) in [6.45, 7) is 6.50. The fourth-order valence-electron chi connectivity index (χ4n) is 3.10. The van der Waals surface area contributed by atoms with Crippen molar-refractivity contribution in [3.8, 4) is 5.69 Å². The molecule has 3 rings (SSSR count). The van der Waals surface area contributed by atoms with Crippen molar-refractivity contribution in [3.05, 3.63) is 65.5 Å². The van der Waals surface area contributed by atoms with Gasteiger partial charge in [-0.1, -0.05) is 0 Å². The molecule has 154 valence electrons. The Morgan fingerprint density at radius 1 is 1.07 bits per heavy atom. The summed E-state index contributed by atoms with van der Waals surface area (Å²) in [4.78, 5) is 4.26. The first-order valence-corrected chi connectivity index (χ1v) is 9.81. The van der Waals surface area contributed by atoms with Crippen molar-refractivity contribution in [2.24, 2.45) is 4.99 Å². The van der Waals surface area contributed by atoms with Crippen LogP contribution in [-0.4, -0.2) is 45.7 Å². The van der Waals surface area contributed by atoms with E-state index in [9.17, 15) is 4.39 Å². The molecule has 0 saturated carbocycles. The van der Waals surface area contributed by atoms with Gasteiger partial charge in [-0.3, -0.25) is 9.67 Å². The quantitative estimate of drug-likeness (QED) is 0.348. The van der Waals surface area contributed by atoms with E-state index in [0.29, 0.717) is 0 Å². The number of halogens is 1. The smallest absolute Gasteiger partial charge is 0.190 e. The van der Waals surface area contributed by atoms with Crippen LogP contribution in [0.5, 0.6) is 0 Å². The van der Waals surface area contributed by atoms with E-state index < -0.39 is 0 Å². The molecule has 3 aromatic rings. The van der Waals surface area contributed by atoms with Gasteiger partial charge in [-0.25, -0.2) is 9.07 Å². The zero-order valence-electron chi connectivity index (χ0n) is 17.2. The number of aliphatic imine (C=N–C) groups is 1. The van der Waals surface area contributed by atoms with E-state index in [1.54, 1.807) is 23.9 Å². The molecule has 8 heteroatoms. The molecule has 0 aliphatic rings. The zero-order valence-corrected chi connectivity index (χ0v) is 17.2. The number of nitrogens with zero attached hydrogens (tertiary/aromatic N) is 5. The van der Waals surface area contributed by atoms with E-state index in [-0.39, 0.29) is 5.82 Å². The van der Waals surface area contributed by atoms with Crippen molar-refractivity contribution in [1.82, 2.24) is 30.2 Å². The molecule has 0 radical (unpaired) electrons. The first-order valence-electron chi connectivity index (χ1n) is 9.81. The molecule has 2 N–H and O–H groups in total. The lowest BCUT2D eigenvalue weighted by Crippen LogP contribution is -2.39. The summed E-state index contributed by atoms with van der Waals surface area (Å²) in [5, 5.41) is 15.6. The fourth-order valence-corrected chi connectivity index (χ4v) is 3.10. The molecule has 7 nitrogen and oxygen atoms in total. The summed E-state index contributed by atoms with van der Waals surface area (Å²) < 4.78 is 16.8. The molecule has 0 spiro atoms. The first kappa shape index (κ1) is 20.6. The highest BCUT2D eigenvalue weighted by atomic mass is 19.1. The summed E-state index contributed by atoms with van der Waals surface area (Å²) in [6, 6.07) is 10.3. The van der Waals surface area contributed by atoms with Crippen LogP contribution in [0, 0.1) is 19.7 Å². The van der Waals surface area contributed by atoms with Gasteiger partial charge in [0.2, 0.25) is 0 Å². The maximum atomic E-state index is 13.0. The highest BCUT2D eigenvalue weighted by Crippen LogP contribution is 2.09. The third-order valence-electron chi connectivity index (χ3n) is 4.58. The summed E-state index contributed by atoms with van der Waals surface area (Å²) >= 11 is 0. The van der Waals surface area contributed by atoms with Crippen LogP contribution in [0.4, 0.5) is 4.39 Å². The van der Waals surface area contributed by atoms with Gasteiger partial charge in [0.05, 0.1) is 17.1 Å².